The number of hydrogen-bond acceptors (Lipinski definition) is 3. The van der Waals surface area contributed by atoms with E-state index in [-0.39, 0.29) is 24.2 Å². The van der Waals surface area contributed by atoms with Crippen molar-refractivity contribution in [1.82, 2.24) is 5.32 Å². The summed E-state index contributed by atoms with van der Waals surface area (Å²) in [7, 11) is 0. The molecule has 2 rings (SSSR count). The van der Waals surface area contributed by atoms with Crippen molar-refractivity contribution in [2.75, 3.05) is 0 Å². The lowest BCUT2D eigenvalue weighted by molar-refractivity contribution is -0.144. The minimum atomic E-state index is -1.21. The fourth-order valence-electron chi connectivity index (χ4n) is 2.78. The van der Waals surface area contributed by atoms with Gasteiger partial charge in [-0.1, -0.05) is 6.07 Å². The average molecular weight is 325 g/mol. The number of halogens is 2. The highest BCUT2D eigenvalue weighted by Gasteiger charge is 2.33. The van der Waals surface area contributed by atoms with Gasteiger partial charge in [0.15, 0.2) is 11.6 Å². The molecular weight excluding hydrogens is 308 g/mol. The van der Waals surface area contributed by atoms with Crippen LogP contribution in [0.25, 0.3) is 0 Å². The average Bonchev–Trinajstić information content (AvgIpc) is 2.48. The first-order valence-corrected chi connectivity index (χ1v) is 7.34. The maximum atomic E-state index is 13.1. The van der Waals surface area contributed by atoms with E-state index >= 15 is 0 Å². The molecule has 1 aromatic carbocycles. The fourth-order valence-corrected chi connectivity index (χ4v) is 2.78. The highest BCUT2D eigenvalue weighted by Crippen LogP contribution is 2.24. The summed E-state index contributed by atoms with van der Waals surface area (Å²) in [6.45, 7) is 0. The van der Waals surface area contributed by atoms with Crippen LogP contribution in [-0.2, 0) is 20.8 Å². The van der Waals surface area contributed by atoms with Gasteiger partial charge in [-0.2, -0.15) is 0 Å². The summed E-state index contributed by atoms with van der Waals surface area (Å²) in [4.78, 5) is 34.8. The van der Waals surface area contributed by atoms with Gasteiger partial charge >= 0.3 is 5.97 Å². The summed E-state index contributed by atoms with van der Waals surface area (Å²) in [5.41, 5.74) is 0.241. The monoisotopic (exact) mass is 325 g/mol. The Labute approximate surface area is 131 Å². The van der Waals surface area contributed by atoms with Crippen molar-refractivity contribution in [2.45, 2.75) is 38.1 Å². The Morgan fingerprint density at radius 1 is 1.30 bits per heavy atom. The molecule has 0 radical (unpaired) electrons. The Bertz CT molecular complexity index is 633. The molecular formula is C16H17F2NO4. The molecule has 23 heavy (non-hydrogen) atoms. The van der Waals surface area contributed by atoms with Gasteiger partial charge in [-0.05, 0) is 36.5 Å². The quantitative estimate of drug-likeness (QED) is 0.865. The smallest absolute Gasteiger partial charge is 0.326 e. The van der Waals surface area contributed by atoms with E-state index in [1.165, 1.54) is 6.07 Å². The zero-order valence-corrected chi connectivity index (χ0v) is 12.4. The van der Waals surface area contributed by atoms with E-state index in [1.807, 2.05) is 0 Å². The van der Waals surface area contributed by atoms with Crippen molar-refractivity contribution in [3.63, 3.8) is 0 Å². The number of amides is 1. The van der Waals surface area contributed by atoms with Crippen LogP contribution in [0.2, 0.25) is 0 Å². The third-order valence-electron chi connectivity index (χ3n) is 3.92. The third kappa shape index (κ3) is 4.58. The maximum Gasteiger partial charge on any atom is 0.326 e. The van der Waals surface area contributed by atoms with Crippen LogP contribution in [0, 0.1) is 17.6 Å². The first kappa shape index (κ1) is 17.1. The molecule has 1 aliphatic rings. The van der Waals surface area contributed by atoms with Crippen molar-refractivity contribution in [3.8, 4) is 0 Å². The van der Waals surface area contributed by atoms with Gasteiger partial charge in [0.05, 0.1) is 6.42 Å². The van der Waals surface area contributed by atoms with Gasteiger partial charge in [-0.3, -0.25) is 9.59 Å². The van der Waals surface area contributed by atoms with E-state index < -0.39 is 35.5 Å². The lowest BCUT2D eigenvalue weighted by atomic mass is 9.83. The van der Waals surface area contributed by atoms with Crippen molar-refractivity contribution in [1.29, 1.82) is 0 Å². The molecule has 0 saturated heterocycles. The first-order chi connectivity index (χ1) is 10.9. The Hall–Kier alpha value is -2.31. The molecule has 0 aromatic heterocycles. The fraction of sp³-hybridized carbons (Fsp3) is 0.438. The molecule has 5 nitrogen and oxygen atoms in total. The molecule has 0 unspecified atom stereocenters. The minimum Gasteiger partial charge on any atom is -0.480 e. The summed E-state index contributed by atoms with van der Waals surface area (Å²) >= 11 is 0. The number of carbonyl (C=O) groups excluding carboxylic acids is 2. The zero-order valence-electron chi connectivity index (χ0n) is 12.4. The Kier molecular flexibility index (Phi) is 5.41. The molecule has 1 aliphatic carbocycles. The molecule has 0 aliphatic heterocycles. The SMILES string of the molecule is O=C1CCC[C@@H]([C@H](NC(=O)Cc2ccc(F)c(F)c2)C(=O)O)C1. The van der Waals surface area contributed by atoms with E-state index in [9.17, 15) is 28.3 Å². The Morgan fingerprint density at radius 2 is 2.04 bits per heavy atom. The number of carboxylic acid groups (broad SMARTS) is 1. The second-order valence-electron chi connectivity index (χ2n) is 5.70. The van der Waals surface area contributed by atoms with Crippen LogP contribution in [0.15, 0.2) is 18.2 Å². The summed E-state index contributed by atoms with van der Waals surface area (Å²) in [5, 5.41) is 11.7. The molecule has 7 heteroatoms. The summed E-state index contributed by atoms with van der Waals surface area (Å²) in [5.74, 6) is -4.35. The van der Waals surface area contributed by atoms with Gasteiger partial charge in [-0.25, -0.2) is 13.6 Å². The second-order valence-corrected chi connectivity index (χ2v) is 5.70. The number of carbonyl (C=O) groups is 3. The van der Waals surface area contributed by atoms with Crippen LogP contribution in [0.5, 0.6) is 0 Å². The molecule has 124 valence electrons. The minimum absolute atomic E-state index is 0.0117. The number of Topliss-reactive ketones (excluding diaryl/α,β-unsaturated/α-hetero) is 1. The van der Waals surface area contributed by atoms with E-state index in [0.717, 1.165) is 12.1 Å². The number of aliphatic carboxylic acids is 1. The van der Waals surface area contributed by atoms with Crippen LogP contribution in [-0.4, -0.2) is 28.8 Å². The van der Waals surface area contributed by atoms with Crippen LogP contribution in [0.4, 0.5) is 8.78 Å². The van der Waals surface area contributed by atoms with Crippen molar-refractivity contribution in [2.24, 2.45) is 5.92 Å². The largest absolute Gasteiger partial charge is 0.480 e. The van der Waals surface area contributed by atoms with Gasteiger partial charge in [0.2, 0.25) is 5.91 Å². The second kappa shape index (κ2) is 7.30. The van der Waals surface area contributed by atoms with Crippen LogP contribution in [0.1, 0.15) is 31.2 Å². The molecule has 1 saturated carbocycles. The Balaban J connectivity index is 2.01. The zero-order chi connectivity index (χ0) is 17.0. The highest BCUT2D eigenvalue weighted by atomic mass is 19.2. The van der Waals surface area contributed by atoms with Crippen molar-refractivity contribution in [3.05, 3.63) is 35.4 Å². The van der Waals surface area contributed by atoms with E-state index in [2.05, 4.69) is 5.32 Å². The number of rotatable bonds is 5. The molecule has 0 heterocycles. The van der Waals surface area contributed by atoms with Gasteiger partial charge in [-0.15, -0.1) is 0 Å². The van der Waals surface area contributed by atoms with E-state index in [4.69, 9.17) is 0 Å². The van der Waals surface area contributed by atoms with E-state index in [1.54, 1.807) is 0 Å². The molecule has 1 amide bonds. The summed E-state index contributed by atoms with van der Waals surface area (Å²) < 4.78 is 26.0. The van der Waals surface area contributed by atoms with Gasteiger partial charge in [0.25, 0.3) is 0 Å². The lowest BCUT2D eigenvalue weighted by Gasteiger charge is -2.27. The normalized spacial score (nSPS) is 19.2. The summed E-state index contributed by atoms with van der Waals surface area (Å²) in [6, 6.07) is 1.91. The predicted molar refractivity (Wildman–Crippen MR) is 76.6 cm³/mol. The van der Waals surface area contributed by atoms with Crippen molar-refractivity contribution < 1.29 is 28.3 Å². The third-order valence-corrected chi connectivity index (χ3v) is 3.92. The first-order valence-electron chi connectivity index (χ1n) is 7.34. The lowest BCUT2D eigenvalue weighted by Crippen LogP contribution is -2.47. The van der Waals surface area contributed by atoms with E-state index in [0.29, 0.717) is 19.3 Å². The van der Waals surface area contributed by atoms with Crippen LogP contribution < -0.4 is 5.32 Å². The molecule has 1 fully saturated rings. The molecule has 2 N–H and O–H groups in total. The molecule has 0 bridgehead atoms. The molecule has 2 atom stereocenters. The highest BCUT2D eigenvalue weighted by molar-refractivity contribution is 5.86. The predicted octanol–water partition coefficient (Wildman–Crippen LogP) is 1.84. The standard InChI is InChI=1S/C16H17F2NO4/c17-12-5-4-9(6-13(12)18)7-14(21)19-15(16(22)23)10-2-1-3-11(20)8-10/h4-6,10,15H,1-3,7-8H2,(H,19,21)(H,22,23)/t10-,15+/m1/s1. The number of benzene rings is 1. The number of carboxylic acids is 1. The number of nitrogens with one attached hydrogen (secondary N) is 1. The van der Waals surface area contributed by atoms with Gasteiger partial charge in [0, 0.05) is 12.8 Å². The van der Waals surface area contributed by atoms with Gasteiger partial charge < -0.3 is 10.4 Å². The van der Waals surface area contributed by atoms with Crippen LogP contribution >= 0.6 is 0 Å². The Morgan fingerprint density at radius 3 is 2.65 bits per heavy atom. The molecule has 1 aromatic rings. The molecule has 0 spiro atoms. The number of hydrogen-bond donors (Lipinski definition) is 2. The topological polar surface area (TPSA) is 83.5 Å². The van der Waals surface area contributed by atoms with Crippen molar-refractivity contribution >= 4 is 17.7 Å². The number of ketones is 1. The maximum absolute atomic E-state index is 13.1. The van der Waals surface area contributed by atoms with Gasteiger partial charge in [0.1, 0.15) is 11.8 Å². The van der Waals surface area contributed by atoms with Crippen LogP contribution in [0.3, 0.4) is 0 Å². The summed E-state index contributed by atoms with van der Waals surface area (Å²) in [6.07, 6.45) is 1.45.